The van der Waals surface area contributed by atoms with E-state index in [-0.39, 0.29) is 6.61 Å². The zero-order chi connectivity index (χ0) is 22.8. The van der Waals surface area contributed by atoms with Gasteiger partial charge in [-0.15, -0.1) is 0 Å². The molecule has 1 rings (SSSR count). The summed E-state index contributed by atoms with van der Waals surface area (Å²) in [6.07, 6.45) is -3.61. The van der Waals surface area contributed by atoms with Gasteiger partial charge in [0.05, 0.1) is 7.11 Å². The van der Waals surface area contributed by atoms with Crippen molar-refractivity contribution in [2.24, 2.45) is 0 Å². The summed E-state index contributed by atoms with van der Waals surface area (Å²) in [6, 6.07) is 0. The van der Waals surface area contributed by atoms with Crippen LogP contribution in [0.25, 0.3) is 0 Å². The number of methoxy groups -OCH3 is 1. The minimum atomic E-state index is -1.26. The Morgan fingerprint density at radius 3 is 1.87 bits per heavy atom. The van der Waals surface area contributed by atoms with E-state index in [1.54, 1.807) is 0 Å². The number of carbonyl (C=O) groups excluding carboxylic acids is 5. The average Bonchev–Trinajstić information content (AvgIpc) is 2.63. The number of hydrogen-bond donors (Lipinski definition) is 0. The Bertz CT molecular complexity index is 690. The van der Waals surface area contributed by atoms with Gasteiger partial charge in [-0.1, -0.05) is 11.8 Å². The second-order valence-electron chi connectivity index (χ2n) is 6.03. The molecule has 0 aromatic rings. The zero-order valence-electron chi connectivity index (χ0n) is 17.1. The molecule has 1 heterocycles. The van der Waals surface area contributed by atoms with Gasteiger partial charge in [-0.3, -0.25) is 19.2 Å². The van der Waals surface area contributed by atoms with Crippen LogP contribution in [0.5, 0.6) is 0 Å². The van der Waals surface area contributed by atoms with Crippen LogP contribution in [0, 0.1) is 0 Å². The number of rotatable bonds is 8. The summed E-state index contributed by atoms with van der Waals surface area (Å²) in [5, 5.41) is 1.34. The van der Waals surface area contributed by atoms with Crippen molar-refractivity contribution in [1.82, 2.24) is 0 Å². The van der Waals surface area contributed by atoms with Gasteiger partial charge in [0.15, 0.2) is 18.3 Å². The molecule has 0 N–H and O–H groups in total. The van der Waals surface area contributed by atoms with Crippen LogP contribution in [0.4, 0.5) is 0 Å². The lowest BCUT2D eigenvalue weighted by molar-refractivity contribution is -0.237. The standard InChI is InChI=1S/C18H24O11S/c1-9(19)25-8-13-15(26-10(2)20)16(27-11(3)21)17(28-12(4)22)18(29-13)30-7-6-14(23)24-5/h6-7,13,15-18H,8H2,1-5H3/b7-6+/t13-,15-,16+,17+,18-/m1/s1. The van der Waals surface area contributed by atoms with E-state index in [2.05, 4.69) is 4.74 Å². The summed E-state index contributed by atoms with van der Waals surface area (Å²) >= 11 is 0.928. The van der Waals surface area contributed by atoms with E-state index in [0.29, 0.717) is 0 Å². The topological polar surface area (TPSA) is 141 Å². The molecule has 1 aliphatic rings. The minimum absolute atomic E-state index is 0.324. The molecule has 12 heteroatoms. The molecule has 0 spiro atoms. The van der Waals surface area contributed by atoms with Crippen LogP contribution < -0.4 is 0 Å². The average molecular weight is 448 g/mol. The second kappa shape index (κ2) is 12.2. The summed E-state index contributed by atoms with van der Waals surface area (Å²) in [5.74, 6) is -3.39. The number of carbonyl (C=O) groups is 5. The lowest BCUT2D eigenvalue weighted by Crippen LogP contribution is -2.61. The van der Waals surface area contributed by atoms with Gasteiger partial charge in [0, 0.05) is 33.8 Å². The van der Waals surface area contributed by atoms with Crippen LogP contribution in [0.15, 0.2) is 11.5 Å². The van der Waals surface area contributed by atoms with Crippen LogP contribution in [-0.4, -0.2) is 73.4 Å². The van der Waals surface area contributed by atoms with Crippen molar-refractivity contribution < 1.29 is 52.4 Å². The lowest BCUT2D eigenvalue weighted by atomic mass is 9.99. The highest BCUT2D eigenvalue weighted by Gasteiger charge is 2.52. The predicted molar refractivity (Wildman–Crippen MR) is 101 cm³/mol. The van der Waals surface area contributed by atoms with Crippen molar-refractivity contribution in [3.8, 4) is 0 Å². The molecule has 1 saturated heterocycles. The van der Waals surface area contributed by atoms with E-state index in [1.165, 1.54) is 19.4 Å². The van der Waals surface area contributed by atoms with Crippen molar-refractivity contribution in [3.05, 3.63) is 11.5 Å². The Morgan fingerprint density at radius 2 is 1.37 bits per heavy atom. The molecule has 30 heavy (non-hydrogen) atoms. The second-order valence-corrected chi connectivity index (χ2v) is 7.04. The maximum atomic E-state index is 11.7. The molecule has 0 amide bonds. The molecular weight excluding hydrogens is 424 g/mol. The molecule has 168 valence electrons. The fourth-order valence-corrected chi connectivity index (χ4v) is 3.46. The first kappa shape index (κ1) is 25.4. The van der Waals surface area contributed by atoms with Crippen molar-refractivity contribution in [1.29, 1.82) is 0 Å². The fraction of sp³-hybridized carbons (Fsp3) is 0.611. The van der Waals surface area contributed by atoms with E-state index in [0.717, 1.165) is 38.6 Å². The van der Waals surface area contributed by atoms with Crippen LogP contribution in [0.3, 0.4) is 0 Å². The van der Waals surface area contributed by atoms with Crippen molar-refractivity contribution in [2.45, 2.75) is 57.5 Å². The fourth-order valence-electron chi connectivity index (χ4n) is 2.54. The number of hydrogen-bond acceptors (Lipinski definition) is 12. The van der Waals surface area contributed by atoms with E-state index in [1.807, 2.05) is 0 Å². The highest BCUT2D eigenvalue weighted by atomic mass is 32.2. The Balaban J connectivity index is 3.28. The summed E-state index contributed by atoms with van der Waals surface area (Å²) < 4.78 is 31.1. The van der Waals surface area contributed by atoms with Crippen LogP contribution >= 0.6 is 11.8 Å². The molecule has 1 aliphatic heterocycles. The van der Waals surface area contributed by atoms with Crippen molar-refractivity contribution >= 4 is 41.6 Å². The minimum Gasteiger partial charge on any atom is -0.466 e. The molecular formula is C18H24O11S. The van der Waals surface area contributed by atoms with Crippen LogP contribution in [-0.2, 0) is 52.4 Å². The van der Waals surface area contributed by atoms with Gasteiger partial charge in [0.1, 0.15) is 18.1 Å². The van der Waals surface area contributed by atoms with Crippen molar-refractivity contribution in [3.63, 3.8) is 0 Å². The molecule has 1 fully saturated rings. The van der Waals surface area contributed by atoms with Gasteiger partial charge in [0.2, 0.25) is 0 Å². The molecule has 0 unspecified atom stereocenters. The largest absolute Gasteiger partial charge is 0.466 e. The summed E-state index contributed by atoms with van der Waals surface area (Å²) in [4.78, 5) is 57.5. The van der Waals surface area contributed by atoms with Gasteiger partial charge in [-0.05, 0) is 5.41 Å². The van der Waals surface area contributed by atoms with Gasteiger partial charge < -0.3 is 28.4 Å². The highest BCUT2D eigenvalue weighted by molar-refractivity contribution is 8.02. The van der Waals surface area contributed by atoms with Crippen LogP contribution in [0.1, 0.15) is 27.7 Å². The summed E-state index contributed by atoms with van der Waals surface area (Å²) in [7, 11) is 1.20. The third kappa shape index (κ3) is 8.41. The molecule has 0 aromatic heterocycles. The monoisotopic (exact) mass is 448 g/mol. The van der Waals surface area contributed by atoms with Gasteiger partial charge in [0.25, 0.3) is 0 Å². The predicted octanol–water partition coefficient (Wildman–Crippen LogP) is 0.489. The maximum absolute atomic E-state index is 11.7. The third-order valence-electron chi connectivity index (χ3n) is 3.57. The molecule has 0 saturated carbocycles. The maximum Gasteiger partial charge on any atom is 0.330 e. The first-order valence-electron chi connectivity index (χ1n) is 8.75. The molecule has 0 aliphatic carbocycles. The summed E-state index contributed by atoms with van der Waals surface area (Å²) in [6.45, 7) is 4.26. The number of thioether (sulfide) groups is 1. The van der Waals surface area contributed by atoms with Gasteiger partial charge in [-0.2, -0.15) is 0 Å². The molecule has 0 bridgehead atoms. The first-order valence-corrected chi connectivity index (χ1v) is 9.69. The first-order chi connectivity index (χ1) is 14.0. The SMILES string of the molecule is COC(=O)/C=C/S[C@H]1O[C@H](COC(C)=O)[C@@H](OC(C)=O)[C@H](OC(C)=O)[C@@H]1OC(C)=O. The Morgan fingerprint density at radius 1 is 0.833 bits per heavy atom. The quantitative estimate of drug-likeness (QED) is 0.290. The Hall–Kier alpha value is -2.60. The molecule has 5 atom stereocenters. The van der Waals surface area contributed by atoms with Gasteiger partial charge >= 0.3 is 29.8 Å². The van der Waals surface area contributed by atoms with Crippen molar-refractivity contribution in [2.75, 3.05) is 13.7 Å². The van der Waals surface area contributed by atoms with Crippen LogP contribution in [0.2, 0.25) is 0 Å². The smallest absolute Gasteiger partial charge is 0.330 e. The highest BCUT2D eigenvalue weighted by Crippen LogP contribution is 2.34. The summed E-state index contributed by atoms with van der Waals surface area (Å²) in [5.41, 5.74) is -0.994. The number of ether oxygens (including phenoxy) is 6. The van der Waals surface area contributed by atoms with E-state index < -0.39 is 59.7 Å². The van der Waals surface area contributed by atoms with E-state index in [4.69, 9.17) is 23.7 Å². The molecule has 0 radical (unpaired) electrons. The Labute approximate surface area is 177 Å². The van der Waals surface area contributed by atoms with E-state index >= 15 is 0 Å². The molecule has 0 aromatic carbocycles. The normalized spacial score (nSPS) is 25.8. The Kier molecular flexibility index (Phi) is 10.3. The molecule has 11 nitrogen and oxygen atoms in total. The van der Waals surface area contributed by atoms with Gasteiger partial charge in [-0.25, -0.2) is 4.79 Å². The number of esters is 5. The third-order valence-corrected chi connectivity index (χ3v) is 4.51. The van der Waals surface area contributed by atoms with E-state index in [9.17, 15) is 24.0 Å². The zero-order valence-corrected chi connectivity index (χ0v) is 18.0. The lowest BCUT2D eigenvalue weighted by Gasteiger charge is -2.43.